The molecule has 1 heterocycles. The van der Waals surface area contributed by atoms with E-state index in [1.165, 1.54) is 0 Å². The second-order valence-electron chi connectivity index (χ2n) is 9.82. The summed E-state index contributed by atoms with van der Waals surface area (Å²) in [4.78, 5) is 29.8. The summed E-state index contributed by atoms with van der Waals surface area (Å²) in [5.41, 5.74) is 0.440. The number of aromatic nitrogens is 1. The summed E-state index contributed by atoms with van der Waals surface area (Å²) in [6.07, 6.45) is 3.23. The van der Waals surface area contributed by atoms with Crippen LogP contribution in [0.2, 0.25) is 0 Å². The molecule has 1 aromatic heterocycles. The van der Waals surface area contributed by atoms with Gasteiger partial charge >= 0.3 is 6.09 Å². The topological polar surface area (TPSA) is 112 Å². The molecule has 1 aliphatic carbocycles. The number of hydrogen-bond acceptors (Lipinski definition) is 5. The smallest absolute Gasteiger partial charge is 0.405 e. The van der Waals surface area contributed by atoms with Crippen LogP contribution in [0.3, 0.4) is 0 Å². The van der Waals surface area contributed by atoms with Gasteiger partial charge in [0.2, 0.25) is 0 Å². The molecule has 2 amide bonds. The molecule has 2 aromatic rings. The van der Waals surface area contributed by atoms with Crippen LogP contribution in [0.4, 0.5) is 4.79 Å². The van der Waals surface area contributed by atoms with Crippen molar-refractivity contribution in [2.45, 2.75) is 89.8 Å². The van der Waals surface area contributed by atoms with Crippen molar-refractivity contribution in [1.82, 2.24) is 15.6 Å². The third-order valence-electron chi connectivity index (χ3n) is 7.06. The van der Waals surface area contributed by atoms with E-state index >= 15 is 0 Å². The first-order valence-corrected chi connectivity index (χ1v) is 13.0. The number of hydrogen-bond donors (Lipinski definition) is 4. The summed E-state index contributed by atoms with van der Waals surface area (Å²) in [5, 5.41) is 29.7. The third kappa shape index (κ3) is 6.36. The Morgan fingerprint density at radius 1 is 1.26 bits per heavy atom. The van der Waals surface area contributed by atoms with Crippen LogP contribution in [0.1, 0.15) is 81.1 Å². The van der Waals surface area contributed by atoms with Crippen LogP contribution in [0.5, 0.6) is 0 Å². The molecule has 1 saturated carbocycles. The van der Waals surface area contributed by atoms with Gasteiger partial charge in [-0.2, -0.15) is 0 Å². The highest BCUT2D eigenvalue weighted by atomic mass is 32.1. The van der Waals surface area contributed by atoms with Gasteiger partial charge in [0.15, 0.2) is 6.10 Å². The highest BCUT2D eigenvalue weighted by Gasteiger charge is 2.51. The number of benzene rings is 1. The minimum Gasteiger partial charge on any atom is -0.465 e. The predicted molar refractivity (Wildman–Crippen MR) is 134 cm³/mol. The zero-order chi connectivity index (χ0) is 24.8. The maximum Gasteiger partial charge on any atom is 0.405 e. The molecule has 0 radical (unpaired) electrons. The standard InChI is InChI=1S/C26H37N3O4S/c1-4-5-14-26(29-24(32)33,17-25(12-9-13-25)15-21-27-18(2)16-34-21)22(30)23(31)28-19(3)20-10-7-6-8-11-20/h6-8,10-11,16,19,22,29-30H,4-5,9,12-15,17H2,1-3H3,(H,28,31)(H,32,33)/t19-,22?,26?/m1/s1. The van der Waals surface area contributed by atoms with Crippen molar-refractivity contribution in [1.29, 1.82) is 0 Å². The highest BCUT2D eigenvalue weighted by Crippen LogP contribution is 2.51. The Morgan fingerprint density at radius 2 is 1.97 bits per heavy atom. The van der Waals surface area contributed by atoms with E-state index in [0.29, 0.717) is 19.3 Å². The van der Waals surface area contributed by atoms with Gasteiger partial charge in [-0.05, 0) is 50.5 Å². The number of unbranched alkanes of at least 4 members (excludes halogenated alkanes) is 1. The first-order chi connectivity index (χ1) is 16.2. The van der Waals surface area contributed by atoms with Gasteiger partial charge in [0.25, 0.3) is 5.91 Å². The lowest BCUT2D eigenvalue weighted by molar-refractivity contribution is -0.136. The second kappa shape index (κ2) is 11.3. The number of carboxylic acid groups (broad SMARTS) is 1. The Bertz CT molecular complexity index is 960. The number of nitrogens with one attached hydrogen (secondary N) is 2. The third-order valence-corrected chi connectivity index (χ3v) is 8.03. The molecule has 1 aromatic carbocycles. The van der Waals surface area contributed by atoms with E-state index in [1.807, 2.05) is 56.5 Å². The average molecular weight is 488 g/mol. The van der Waals surface area contributed by atoms with Gasteiger partial charge < -0.3 is 20.8 Å². The van der Waals surface area contributed by atoms with E-state index in [9.17, 15) is 19.8 Å². The van der Waals surface area contributed by atoms with Gasteiger partial charge in [-0.15, -0.1) is 11.3 Å². The number of thiazole rings is 1. The number of amides is 2. The second-order valence-corrected chi connectivity index (χ2v) is 10.8. The minimum absolute atomic E-state index is 0.188. The van der Waals surface area contributed by atoms with Crippen LogP contribution >= 0.6 is 11.3 Å². The van der Waals surface area contributed by atoms with Gasteiger partial charge in [-0.1, -0.05) is 56.5 Å². The summed E-state index contributed by atoms with van der Waals surface area (Å²) < 4.78 is 0. The van der Waals surface area contributed by atoms with Gasteiger partial charge in [-0.3, -0.25) is 4.79 Å². The van der Waals surface area contributed by atoms with E-state index in [2.05, 4.69) is 15.6 Å². The van der Waals surface area contributed by atoms with Gasteiger partial charge in [0.1, 0.15) is 0 Å². The Kier molecular flexibility index (Phi) is 8.71. The van der Waals surface area contributed by atoms with Crippen LogP contribution in [-0.2, 0) is 11.2 Å². The number of rotatable bonds is 12. The first-order valence-electron chi connectivity index (χ1n) is 12.1. The minimum atomic E-state index is -1.50. The molecule has 186 valence electrons. The van der Waals surface area contributed by atoms with Crippen LogP contribution in [0.25, 0.3) is 0 Å². The fourth-order valence-corrected chi connectivity index (χ4v) is 6.08. The van der Waals surface area contributed by atoms with Crippen LogP contribution in [0.15, 0.2) is 35.7 Å². The summed E-state index contributed by atoms with van der Waals surface area (Å²) >= 11 is 1.61. The Hall–Kier alpha value is -2.45. The maximum atomic E-state index is 13.3. The molecule has 0 bridgehead atoms. The van der Waals surface area contributed by atoms with Crippen molar-refractivity contribution in [3.63, 3.8) is 0 Å². The Balaban J connectivity index is 1.87. The molecule has 0 spiro atoms. The van der Waals surface area contributed by atoms with E-state index < -0.39 is 23.6 Å². The molecular weight excluding hydrogens is 450 g/mol. The van der Waals surface area contributed by atoms with Crippen molar-refractivity contribution < 1.29 is 19.8 Å². The number of carbonyl (C=O) groups excluding carboxylic acids is 1. The highest BCUT2D eigenvalue weighted by molar-refractivity contribution is 7.09. The monoisotopic (exact) mass is 487 g/mol. The number of aliphatic hydroxyl groups excluding tert-OH is 1. The van der Waals surface area contributed by atoms with Crippen molar-refractivity contribution in [3.05, 3.63) is 52.0 Å². The molecule has 8 heteroatoms. The number of nitrogens with zero attached hydrogens (tertiary/aromatic N) is 1. The molecular formula is C26H37N3O4S. The molecule has 7 nitrogen and oxygen atoms in total. The maximum absolute atomic E-state index is 13.3. The molecule has 0 saturated heterocycles. The summed E-state index contributed by atoms with van der Waals surface area (Å²) in [6.45, 7) is 5.84. The summed E-state index contributed by atoms with van der Waals surface area (Å²) in [6, 6.07) is 9.21. The molecule has 1 aliphatic rings. The van der Waals surface area contributed by atoms with Crippen LogP contribution in [0, 0.1) is 12.3 Å². The molecule has 1 fully saturated rings. The molecule has 2 unspecified atom stereocenters. The fraction of sp³-hybridized carbons (Fsp3) is 0.577. The van der Waals surface area contributed by atoms with Crippen molar-refractivity contribution in [3.8, 4) is 0 Å². The van der Waals surface area contributed by atoms with E-state index in [1.54, 1.807) is 11.3 Å². The first kappa shape index (κ1) is 26.2. The molecule has 3 atom stereocenters. The Labute approximate surface area is 206 Å². The molecule has 4 N–H and O–H groups in total. The zero-order valence-corrected chi connectivity index (χ0v) is 21.2. The predicted octanol–water partition coefficient (Wildman–Crippen LogP) is 4.99. The molecule has 0 aliphatic heterocycles. The molecule has 34 heavy (non-hydrogen) atoms. The van der Waals surface area contributed by atoms with Crippen molar-refractivity contribution >= 4 is 23.3 Å². The summed E-state index contributed by atoms with van der Waals surface area (Å²) in [7, 11) is 0. The SMILES string of the molecule is CCCCC(CC1(Cc2nc(C)cs2)CCC1)(NC(=O)O)C(O)C(=O)N[C@H](C)c1ccccc1. The van der Waals surface area contributed by atoms with Crippen LogP contribution in [-0.4, -0.2) is 38.8 Å². The van der Waals surface area contributed by atoms with E-state index in [-0.39, 0.29) is 11.5 Å². The number of aliphatic hydroxyl groups is 1. The zero-order valence-electron chi connectivity index (χ0n) is 20.3. The number of aryl methyl sites for hydroxylation is 1. The van der Waals surface area contributed by atoms with Crippen molar-refractivity contribution in [2.24, 2.45) is 5.41 Å². The summed E-state index contributed by atoms with van der Waals surface area (Å²) in [5.74, 6) is -0.555. The van der Waals surface area contributed by atoms with Crippen molar-refractivity contribution in [2.75, 3.05) is 0 Å². The van der Waals surface area contributed by atoms with Crippen LogP contribution < -0.4 is 10.6 Å². The molecule has 3 rings (SSSR count). The lowest BCUT2D eigenvalue weighted by Gasteiger charge is -2.50. The quantitative estimate of drug-likeness (QED) is 0.337. The normalized spacial score (nSPS) is 18.2. The van der Waals surface area contributed by atoms with Gasteiger partial charge in [-0.25, -0.2) is 9.78 Å². The van der Waals surface area contributed by atoms with E-state index in [0.717, 1.165) is 48.4 Å². The van der Waals surface area contributed by atoms with Gasteiger partial charge in [0.05, 0.1) is 16.6 Å². The average Bonchev–Trinajstić information content (AvgIpc) is 3.19. The lowest BCUT2D eigenvalue weighted by Crippen LogP contribution is -2.64. The fourth-order valence-electron chi connectivity index (χ4n) is 5.14. The van der Waals surface area contributed by atoms with E-state index in [4.69, 9.17) is 0 Å². The Morgan fingerprint density at radius 3 is 2.50 bits per heavy atom. The number of carbonyl (C=O) groups is 2. The van der Waals surface area contributed by atoms with Gasteiger partial charge in [0, 0.05) is 17.5 Å². The largest absolute Gasteiger partial charge is 0.465 e. The lowest BCUT2D eigenvalue weighted by atomic mass is 9.59.